The molecule has 2 aromatic rings. The van der Waals surface area contributed by atoms with Gasteiger partial charge in [0, 0.05) is 32.0 Å². The predicted octanol–water partition coefficient (Wildman–Crippen LogP) is 0.878. The van der Waals surface area contributed by atoms with Crippen LogP contribution in [0.15, 0.2) is 52.3 Å². The number of nitrogens with one attached hydrogen (secondary N) is 2. The quantitative estimate of drug-likeness (QED) is 0.873. The van der Waals surface area contributed by atoms with Gasteiger partial charge in [0.25, 0.3) is 5.91 Å². The van der Waals surface area contributed by atoms with Crippen molar-refractivity contribution >= 4 is 21.6 Å². The topological polar surface area (TPSA) is 99.3 Å². The molecule has 7 nitrogen and oxygen atoms in total. The van der Waals surface area contributed by atoms with Crippen LogP contribution in [0.25, 0.3) is 0 Å². The van der Waals surface area contributed by atoms with E-state index in [1.165, 1.54) is 44.6 Å². The van der Waals surface area contributed by atoms with Gasteiger partial charge < -0.3 is 10.3 Å². The number of hydrogen-bond acceptors (Lipinski definition) is 4. The number of anilines is 1. The lowest BCUT2D eigenvalue weighted by atomic mass is 10.2. The lowest BCUT2D eigenvalue weighted by Crippen LogP contribution is -2.22. The molecule has 0 radical (unpaired) electrons. The number of aromatic amines is 1. The molecule has 0 atom stereocenters. The van der Waals surface area contributed by atoms with Crippen molar-refractivity contribution in [1.82, 2.24) is 9.29 Å². The van der Waals surface area contributed by atoms with Gasteiger partial charge in [0.1, 0.15) is 0 Å². The second kappa shape index (κ2) is 6.12. The Hall–Kier alpha value is -2.45. The minimum absolute atomic E-state index is 0.0803. The Morgan fingerprint density at radius 1 is 1.18 bits per heavy atom. The molecule has 1 aromatic carbocycles. The van der Waals surface area contributed by atoms with Crippen LogP contribution >= 0.6 is 0 Å². The number of amides is 1. The van der Waals surface area contributed by atoms with Gasteiger partial charge >= 0.3 is 0 Å². The smallest absolute Gasteiger partial charge is 0.257 e. The fraction of sp³-hybridized carbons (Fsp3) is 0.143. The van der Waals surface area contributed by atoms with Gasteiger partial charge in [-0.2, -0.15) is 0 Å². The van der Waals surface area contributed by atoms with Crippen molar-refractivity contribution in [2.75, 3.05) is 19.4 Å². The van der Waals surface area contributed by atoms with Crippen molar-refractivity contribution in [2.45, 2.75) is 4.90 Å². The molecule has 0 fully saturated rings. The lowest BCUT2D eigenvalue weighted by molar-refractivity contribution is 0.102. The number of sulfonamides is 1. The Bertz CT molecular complexity index is 836. The number of pyridine rings is 1. The molecular weight excluding hydrogens is 306 g/mol. The molecule has 1 heterocycles. The molecule has 0 saturated heterocycles. The lowest BCUT2D eigenvalue weighted by Gasteiger charge is -2.12. The van der Waals surface area contributed by atoms with E-state index in [4.69, 9.17) is 0 Å². The van der Waals surface area contributed by atoms with E-state index in [1.807, 2.05) is 0 Å². The zero-order chi connectivity index (χ0) is 16.3. The van der Waals surface area contributed by atoms with Gasteiger partial charge in [-0.1, -0.05) is 6.07 Å². The number of benzene rings is 1. The Morgan fingerprint density at radius 2 is 1.91 bits per heavy atom. The molecule has 0 saturated carbocycles. The highest BCUT2D eigenvalue weighted by molar-refractivity contribution is 7.89. The maximum atomic E-state index is 12.1. The first-order valence-corrected chi connectivity index (χ1v) is 7.77. The van der Waals surface area contributed by atoms with Gasteiger partial charge in [0.15, 0.2) is 0 Å². The van der Waals surface area contributed by atoms with Gasteiger partial charge in [-0.25, -0.2) is 12.7 Å². The first-order valence-electron chi connectivity index (χ1n) is 6.33. The van der Waals surface area contributed by atoms with Crippen LogP contribution in [0.5, 0.6) is 0 Å². The van der Waals surface area contributed by atoms with E-state index in [2.05, 4.69) is 10.3 Å². The Labute approximate surface area is 127 Å². The summed E-state index contributed by atoms with van der Waals surface area (Å²) in [6.45, 7) is 0. The van der Waals surface area contributed by atoms with Crippen molar-refractivity contribution in [3.63, 3.8) is 0 Å². The van der Waals surface area contributed by atoms with E-state index in [-0.39, 0.29) is 16.0 Å². The molecule has 0 spiro atoms. The molecule has 2 rings (SSSR count). The number of carbonyl (C=O) groups excluding carboxylic acids is 1. The first-order chi connectivity index (χ1) is 10.3. The van der Waals surface area contributed by atoms with Crippen LogP contribution in [0.3, 0.4) is 0 Å². The Kier molecular flexibility index (Phi) is 4.43. The molecule has 0 bridgehead atoms. The van der Waals surface area contributed by atoms with E-state index in [0.29, 0.717) is 5.69 Å². The highest BCUT2D eigenvalue weighted by atomic mass is 32.2. The molecule has 0 unspecified atom stereocenters. The predicted molar refractivity (Wildman–Crippen MR) is 82.3 cm³/mol. The number of nitrogens with zero attached hydrogens (tertiary/aromatic N) is 1. The summed E-state index contributed by atoms with van der Waals surface area (Å²) in [6.07, 6.45) is 1.29. The van der Waals surface area contributed by atoms with Crippen LogP contribution in [0.4, 0.5) is 5.69 Å². The SMILES string of the molecule is CN(C)S(=O)(=O)c1cccc(NC(=O)c2ccc(=O)[nH]c2)c1. The molecular formula is C14H15N3O4S. The van der Waals surface area contributed by atoms with Gasteiger partial charge in [0.2, 0.25) is 15.6 Å². The van der Waals surface area contributed by atoms with Crippen LogP contribution < -0.4 is 10.9 Å². The number of hydrogen-bond donors (Lipinski definition) is 2. The van der Waals surface area contributed by atoms with E-state index < -0.39 is 15.9 Å². The van der Waals surface area contributed by atoms with Gasteiger partial charge in [0.05, 0.1) is 10.5 Å². The fourth-order valence-corrected chi connectivity index (χ4v) is 2.65. The van der Waals surface area contributed by atoms with Gasteiger partial charge in [-0.15, -0.1) is 0 Å². The summed E-state index contributed by atoms with van der Waals surface area (Å²) in [5.74, 6) is -0.448. The maximum Gasteiger partial charge on any atom is 0.257 e. The summed E-state index contributed by atoms with van der Waals surface area (Å²) in [7, 11) is -0.708. The molecule has 0 aliphatic rings. The Morgan fingerprint density at radius 3 is 2.50 bits per heavy atom. The number of aromatic nitrogens is 1. The Balaban J connectivity index is 2.26. The summed E-state index contributed by atoms with van der Waals surface area (Å²) in [4.78, 5) is 25.5. The van der Waals surface area contributed by atoms with Crippen molar-refractivity contribution in [3.05, 3.63) is 58.5 Å². The number of rotatable bonds is 4. The third-order valence-corrected chi connectivity index (χ3v) is 4.73. The highest BCUT2D eigenvalue weighted by Gasteiger charge is 2.17. The third-order valence-electron chi connectivity index (χ3n) is 2.92. The normalized spacial score (nSPS) is 11.4. The summed E-state index contributed by atoms with van der Waals surface area (Å²) in [5, 5.41) is 2.59. The van der Waals surface area contributed by atoms with Crippen LogP contribution in [-0.4, -0.2) is 37.7 Å². The minimum Gasteiger partial charge on any atom is -0.328 e. The average Bonchev–Trinajstić information content (AvgIpc) is 2.48. The summed E-state index contributed by atoms with van der Waals surface area (Å²) in [6, 6.07) is 8.57. The summed E-state index contributed by atoms with van der Waals surface area (Å²) < 4.78 is 25.2. The van der Waals surface area contributed by atoms with Crippen LogP contribution in [0.1, 0.15) is 10.4 Å². The number of carbonyl (C=O) groups is 1. The molecule has 8 heteroatoms. The molecule has 0 aliphatic carbocycles. The molecule has 1 amide bonds. The number of H-pyrrole nitrogens is 1. The first kappa shape index (κ1) is 15.9. The molecule has 116 valence electrons. The average molecular weight is 321 g/mol. The molecule has 22 heavy (non-hydrogen) atoms. The van der Waals surface area contributed by atoms with E-state index in [9.17, 15) is 18.0 Å². The molecule has 2 N–H and O–H groups in total. The minimum atomic E-state index is -3.57. The van der Waals surface area contributed by atoms with Crippen molar-refractivity contribution in [2.24, 2.45) is 0 Å². The van der Waals surface area contributed by atoms with Gasteiger partial charge in [-0.3, -0.25) is 9.59 Å². The zero-order valence-corrected chi connectivity index (χ0v) is 12.8. The van der Waals surface area contributed by atoms with Crippen molar-refractivity contribution in [3.8, 4) is 0 Å². The van der Waals surface area contributed by atoms with E-state index in [0.717, 1.165) is 4.31 Å². The monoisotopic (exact) mass is 321 g/mol. The van der Waals surface area contributed by atoms with Gasteiger partial charge in [-0.05, 0) is 24.3 Å². The zero-order valence-electron chi connectivity index (χ0n) is 12.0. The van der Waals surface area contributed by atoms with E-state index in [1.54, 1.807) is 12.1 Å². The van der Waals surface area contributed by atoms with Crippen LogP contribution in [0.2, 0.25) is 0 Å². The second-order valence-electron chi connectivity index (χ2n) is 4.71. The maximum absolute atomic E-state index is 12.1. The highest BCUT2D eigenvalue weighted by Crippen LogP contribution is 2.18. The van der Waals surface area contributed by atoms with Crippen molar-refractivity contribution < 1.29 is 13.2 Å². The van der Waals surface area contributed by atoms with Crippen LogP contribution in [-0.2, 0) is 10.0 Å². The summed E-state index contributed by atoms with van der Waals surface area (Å²) >= 11 is 0. The standard InChI is InChI=1S/C14H15N3O4S/c1-17(2)22(20,21)12-5-3-4-11(8-12)16-14(19)10-6-7-13(18)15-9-10/h3-9H,1-2H3,(H,15,18)(H,16,19). The van der Waals surface area contributed by atoms with Crippen LogP contribution in [0, 0.1) is 0 Å². The largest absolute Gasteiger partial charge is 0.328 e. The molecule has 0 aliphatic heterocycles. The summed E-state index contributed by atoms with van der Waals surface area (Å²) in [5.41, 5.74) is 0.301. The van der Waals surface area contributed by atoms with Crippen molar-refractivity contribution in [1.29, 1.82) is 0 Å². The second-order valence-corrected chi connectivity index (χ2v) is 6.86. The van der Waals surface area contributed by atoms with E-state index >= 15 is 0 Å². The molecule has 1 aromatic heterocycles. The third kappa shape index (κ3) is 3.41. The fourth-order valence-electron chi connectivity index (χ4n) is 1.70.